The molecule has 0 atom stereocenters. The first-order chi connectivity index (χ1) is 12.8. The average Bonchev–Trinajstić information content (AvgIpc) is 2.97. The van der Waals surface area contributed by atoms with E-state index >= 15 is 0 Å². The maximum absolute atomic E-state index is 13.6. The van der Waals surface area contributed by atoms with Gasteiger partial charge in [-0.25, -0.2) is 18.2 Å². The molecule has 9 heteroatoms. The first-order valence-corrected chi connectivity index (χ1v) is 7.58. The minimum absolute atomic E-state index is 0.183. The van der Waals surface area contributed by atoms with Crippen molar-refractivity contribution in [1.29, 1.82) is 0 Å². The molecule has 3 aromatic rings. The predicted molar refractivity (Wildman–Crippen MR) is 85.9 cm³/mol. The highest BCUT2D eigenvalue weighted by Gasteiger charge is 2.20. The zero-order valence-corrected chi connectivity index (χ0v) is 13.7. The number of anilines is 1. The second-order valence-electron chi connectivity index (χ2n) is 5.53. The Bertz CT molecular complexity index is 976. The van der Waals surface area contributed by atoms with Crippen molar-refractivity contribution >= 4 is 11.6 Å². The third-order valence-electron chi connectivity index (χ3n) is 3.65. The molecule has 0 saturated heterocycles. The molecule has 0 unspecified atom stereocenters. The van der Waals surface area contributed by atoms with Crippen LogP contribution in [0.4, 0.5) is 27.6 Å². The number of nitrogens with one attached hydrogen (secondary N) is 1. The lowest BCUT2D eigenvalue weighted by atomic mass is 10.1. The number of carbonyl (C=O) groups is 1. The number of carbonyl (C=O) groups excluding carboxylic acids is 1. The largest absolute Gasteiger partial charge is 0.440 e. The van der Waals surface area contributed by atoms with Gasteiger partial charge < -0.3 is 9.73 Å². The van der Waals surface area contributed by atoms with Crippen LogP contribution in [-0.4, -0.2) is 10.9 Å². The van der Waals surface area contributed by atoms with Gasteiger partial charge in [0.2, 0.25) is 0 Å². The van der Waals surface area contributed by atoms with Gasteiger partial charge in [0.05, 0.1) is 0 Å². The van der Waals surface area contributed by atoms with Gasteiger partial charge in [-0.15, -0.1) is 0 Å². The molecule has 3 rings (SSSR count). The Hall–Kier alpha value is -3.23. The van der Waals surface area contributed by atoms with Gasteiger partial charge in [-0.3, -0.25) is 4.79 Å². The zero-order valence-electron chi connectivity index (χ0n) is 13.7. The van der Waals surface area contributed by atoms with Crippen LogP contribution >= 0.6 is 0 Å². The number of hydrogen-bond donors (Lipinski definition) is 1. The monoisotopic (exact) mass is 382 g/mol. The number of rotatable bonds is 4. The summed E-state index contributed by atoms with van der Waals surface area (Å²) in [5, 5.41) is 2.27. The van der Waals surface area contributed by atoms with Gasteiger partial charge in [0.15, 0.2) is 0 Å². The van der Waals surface area contributed by atoms with Crippen molar-refractivity contribution in [3.05, 3.63) is 71.1 Å². The van der Waals surface area contributed by atoms with Gasteiger partial charge in [-0.05, 0) is 19.1 Å². The Morgan fingerprint density at radius 2 is 1.67 bits per heavy atom. The highest BCUT2D eigenvalue weighted by molar-refractivity contribution is 6.04. The Morgan fingerprint density at radius 1 is 1.07 bits per heavy atom. The minimum Gasteiger partial charge on any atom is -0.440 e. The maximum Gasteiger partial charge on any atom is 0.313 e. The molecule has 0 saturated carbocycles. The molecule has 0 aliphatic rings. The summed E-state index contributed by atoms with van der Waals surface area (Å²) in [6.45, 7) is 1.48. The van der Waals surface area contributed by atoms with Crippen LogP contribution in [-0.2, 0) is 0 Å². The van der Waals surface area contributed by atoms with Crippen LogP contribution in [0.3, 0.4) is 0 Å². The molecule has 2 aromatic carbocycles. The van der Waals surface area contributed by atoms with Crippen LogP contribution in [0.1, 0.15) is 28.4 Å². The number of aryl methyl sites for hydroxylation is 1. The summed E-state index contributed by atoms with van der Waals surface area (Å²) in [5.41, 5.74) is -0.0874. The quantitative estimate of drug-likeness (QED) is 0.627. The van der Waals surface area contributed by atoms with Crippen LogP contribution in [0.2, 0.25) is 0 Å². The molecule has 27 heavy (non-hydrogen) atoms. The van der Waals surface area contributed by atoms with Crippen molar-refractivity contribution in [2.45, 2.75) is 13.3 Å². The van der Waals surface area contributed by atoms with Crippen molar-refractivity contribution in [3.8, 4) is 11.3 Å². The van der Waals surface area contributed by atoms with Crippen LogP contribution in [0.5, 0.6) is 0 Å². The van der Waals surface area contributed by atoms with E-state index in [0.29, 0.717) is 17.7 Å². The van der Waals surface area contributed by atoms with Crippen molar-refractivity contribution in [3.63, 3.8) is 0 Å². The molecular formula is C18H11F5N2O2. The fourth-order valence-corrected chi connectivity index (χ4v) is 2.44. The Balaban J connectivity index is 1.81. The Kier molecular flexibility index (Phi) is 4.93. The molecule has 0 bridgehead atoms. The van der Waals surface area contributed by atoms with E-state index in [1.54, 1.807) is 0 Å². The van der Waals surface area contributed by atoms with Gasteiger partial charge in [0.1, 0.15) is 34.5 Å². The van der Waals surface area contributed by atoms with Gasteiger partial charge in [0.25, 0.3) is 11.8 Å². The van der Waals surface area contributed by atoms with Gasteiger partial charge >= 0.3 is 6.43 Å². The van der Waals surface area contributed by atoms with Crippen molar-refractivity contribution in [1.82, 2.24) is 4.98 Å². The molecule has 0 aliphatic heterocycles. The first kappa shape index (κ1) is 18.6. The number of amides is 1. The van der Waals surface area contributed by atoms with Crippen LogP contribution in [0, 0.1) is 24.4 Å². The summed E-state index contributed by atoms with van der Waals surface area (Å²) < 4.78 is 70.4. The molecule has 0 fully saturated rings. The van der Waals surface area contributed by atoms with Crippen LogP contribution in [0.25, 0.3) is 11.3 Å². The van der Waals surface area contributed by atoms with E-state index in [9.17, 15) is 26.7 Å². The van der Waals surface area contributed by atoms with E-state index in [1.165, 1.54) is 31.2 Å². The standard InChI is InChI=1S/C18H11F5N2O2/c1-8-15(25-18(27-8)16(22)23)9-2-4-11(5-3-9)24-17(26)14-12(20)6-10(19)7-13(14)21/h2-7,16H,1H3,(H,24,26). The van der Waals surface area contributed by atoms with Crippen LogP contribution in [0.15, 0.2) is 40.8 Å². The lowest BCUT2D eigenvalue weighted by Gasteiger charge is -2.08. The van der Waals surface area contributed by atoms with Crippen LogP contribution < -0.4 is 5.32 Å². The fourth-order valence-electron chi connectivity index (χ4n) is 2.44. The third-order valence-corrected chi connectivity index (χ3v) is 3.65. The zero-order chi connectivity index (χ0) is 19.7. The van der Waals surface area contributed by atoms with E-state index in [-0.39, 0.29) is 17.1 Å². The molecule has 1 amide bonds. The number of benzene rings is 2. The van der Waals surface area contributed by atoms with E-state index < -0.39 is 41.2 Å². The normalized spacial score (nSPS) is 11.1. The Morgan fingerprint density at radius 3 is 2.19 bits per heavy atom. The smallest absolute Gasteiger partial charge is 0.313 e. The lowest BCUT2D eigenvalue weighted by Crippen LogP contribution is -2.16. The number of hydrogen-bond acceptors (Lipinski definition) is 3. The number of halogens is 5. The maximum atomic E-state index is 13.6. The number of aromatic nitrogens is 1. The molecule has 0 aliphatic carbocycles. The number of oxazole rings is 1. The average molecular weight is 382 g/mol. The molecule has 4 nitrogen and oxygen atoms in total. The summed E-state index contributed by atoms with van der Waals surface area (Å²) in [6.07, 6.45) is -2.85. The molecular weight excluding hydrogens is 371 g/mol. The highest BCUT2D eigenvalue weighted by atomic mass is 19.3. The van der Waals surface area contributed by atoms with E-state index in [1.807, 2.05) is 0 Å². The predicted octanol–water partition coefficient (Wildman–Crippen LogP) is 5.26. The van der Waals surface area contributed by atoms with Gasteiger partial charge in [-0.2, -0.15) is 8.78 Å². The molecule has 1 N–H and O–H groups in total. The molecule has 1 aromatic heterocycles. The van der Waals surface area contributed by atoms with E-state index in [4.69, 9.17) is 4.42 Å². The third kappa shape index (κ3) is 3.81. The highest BCUT2D eigenvalue weighted by Crippen LogP contribution is 2.28. The minimum atomic E-state index is -2.85. The van der Waals surface area contributed by atoms with Crippen molar-refractivity contribution < 1.29 is 31.2 Å². The van der Waals surface area contributed by atoms with E-state index in [2.05, 4.69) is 10.3 Å². The van der Waals surface area contributed by atoms with E-state index in [0.717, 1.165) is 0 Å². The van der Waals surface area contributed by atoms with Crippen molar-refractivity contribution in [2.75, 3.05) is 5.32 Å². The summed E-state index contributed by atoms with van der Waals surface area (Å²) in [7, 11) is 0. The summed E-state index contributed by atoms with van der Waals surface area (Å²) in [5.74, 6) is -5.43. The first-order valence-electron chi connectivity index (χ1n) is 7.58. The van der Waals surface area contributed by atoms with Gasteiger partial charge in [-0.1, -0.05) is 12.1 Å². The lowest BCUT2D eigenvalue weighted by molar-refractivity contribution is 0.101. The summed E-state index contributed by atoms with van der Waals surface area (Å²) in [4.78, 5) is 15.7. The second-order valence-corrected chi connectivity index (χ2v) is 5.53. The molecule has 0 spiro atoms. The second kappa shape index (κ2) is 7.18. The molecule has 1 heterocycles. The summed E-state index contributed by atoms with van der Waals surface area (Å²) in [6, 6.07) is 6.51. The SMILES string of the molecule is Cc1oc(C(F)F)nc1-c1ccc(NC(=O)c2c(F)cc(F)cc2F)cc1. The topological polar surface area (TPSA) is 55.1 Å². The molecule has 0 radical (unpaired) electrons. The molecule has 140 valence electrons. The van der Waals surface area contributed by atoms with Crippen molar-refractivity contribution in [2.24, 2.45) is 0 Å². The Labute approximate surface area is 149 Å². The fraction of sp³-hybridized carbons (Fsp3) is 0.111. The summed E-state index contributed by atoms with van der Waals surface area (Å²) >= 11 is 0. The van der Waals surface area contributed by atoms with Gasteiger partial charge in [0, 0.05) is 23.4 Å². The number of alkyl halides is 2. The number of nitrogens with zero attached hydrogens (tertiary/aromatic N) is 1.